The highest BCUT2D eigenvalue weighted by Crippen LogP contribution is 2.32. The second kappa shape index (κ2) is 14.7. The summed E-state index contributed by atoms with van der Waals surface area (Å²) in [4.78, 5) is 13.0. The number of aryl methyl sites for hydroxylation is 3. The van der Waals surface area contributed by atoms with Crippen molar-refractivity contribution in [2.45, 2.75) is 78.9 Å². The molecule has 0 radical (unpaired) electrons. The number of hydrogen-bond donors (Lipinski definition) is 0. The number of ketones is 1. The average Bonchev–Trinajstić information content (AvgIpc) is 2.80. The molecule has 0 atom stereocenters. The minimum Gasteiger partial charge on any atom is -0.294 e. The van der Waals surface area contributed by atoms with E-state index in [9.17, 15) is 13.2 Å². The Morgan fingerprint density at radius 1 is 0.971 bits per heavy atom. The molecule has 0 aliphatic carbocycles. The lowest BCUT2D eigenvalue weighted by Gasteiger charge is -2.19. The molecular weight excluding hydrogens is 440 g/mol. The maximum absolute atomic E-state index is 13.0. The Balaban J connectivity index is 0.000000437. The van der Waals surface area contributed by atoms with Gasteiger partial charge in [-0.1, -0.05) is 94.8 Å². The molecule has 0 heterocycles. The first-order valence-corrected chi connectivity index (χ1v) is 14.4. The van der Waals surface area contributed by atoms with Crippen molar-refractivity contribution in [2.24, 2.45) is 0 Å². The highest BCUT2D eigenvalue weighted by Gasteiger charge is 2.20. The summed E-state index contributed by atoms with van der Waals surface area (Å²) in [5.41, 5.74) is 7.88. The Labute approximate surface area is 207 Å². The number of carbonyl (C=O) groups is 1. The Morgan fingerprint density at radius 3 is 1.94 bits per heavy atom. The van der Waals surface area contributed by atoms with E-state index in [1.807, 2.05) is 24.3 Å². The molecule has 0 aliphatic heterocycles. The average molecular weight is 483 g/mol. The van der Waals surface area contributed by atoms with Crippen LogP contribution >= 0.6 is 0 Å². The van der Waals surface area contributed by atoms with Crippen LogP contribution in [0.2, 0.25) is 0 Å². The molecule has 0 saturated heterocycles. The standard InChI is InChI=1S/C22H32O.C8H10O2S/c1-7-12-13-20(23)22(17(8-2)9-3)21-18(10-4)14-16(6)15-19(21)11-5;1-11(9,10)7-8-5-3-2-4-6-8/h8,14-15H,2,7,9-13H2,1,3-6H3;2-6H,7H2,1H3/b22-17+;. The van der Waals surface area contributed by atoms with Gasteiger partial charge in [-0.2, -0.15) is 0 Å². The van der Waals surface area contributed by atoms with Gasteiger partial charge < -0.3 is 0 Å². The quantitative estimate of drug-likeness (QED) is 0.247. The molecular formula is C30H42O3S. The third kappa shape index (κ3) is 9.42. The van der Waals surface area contributed by atoms with Crippen molar-refractivity contribution in [3.8, 4) is 0 Å². The number of allylic oxidation sites excluding steroid dienone is 3. The Bertz CT molecular complexity index is 1050. The van der Waals surface area contributed by atoms with Crippen LogP contribution in [0.3, 0.4) is 0 Å². The first-order valence-electron chi connectivity index (χ1n) is 12.3. The molecule has 0 fully saturated rings. The van der Waals surface area contributed by atoms with Crippen LogP contribution in [0.4, 0.5) is 0 Å². The van der Waals surface area contributed by atoms with E-state index in [1.54, 1.807) is 12.1 Å². The summed E-state index contributed by atoms with van der Waals surface area (Å²) in [6.07, 6.45) is 8.47. The highest BCUT2D eigenvalue weighted by molar-refractivity contribution is 7.89. The number of rotatable bonds is 11. The Hall–Kier alpha value is -2.46. The molecule has 2 aromatic rings. The number of sulfone groups is 1. The van der Waals surface area contributed by atoms with Crippen LogP contribution in [0.1, 0.15) is 81.2 Å². The second-order valence-corrected chi connectivity index (χ2v) is 10.8. The maximum Gasteiger partial charge on any atom is 0.163 e. The number of hydrogen-bond acceptors (Lipinski definition) is 3. The lowest BCUT2D eigenvalue weighted by molar-refractivity contribution is -0.113. The topological polar surface area (TPSA) is 51.2 Å². The van der Waals surface area contributed by atoms with E-state index in [2.05, 4.69) is 53.3 Å². The molecule has 2 rings (SSSR count). The molecule has 3 nitrogen and oxygen atoms in total. The molecule has 0 spiro atoms. The van der Waals surface area contributed by atoms with Gasteiger partial charge in [-0.25, -0.2) is 8.42 Å². The Kier molecular flexibility index (Phi) is 12.8. The lowest BCUT2D eigenvalue weighted by Crippen LogP contribution is -2.10. The zero-order valence-electron chi connectivity index (χ0n) is 21.9. The van der Waals surface area contributed by atoms with E-state index in [-0.39, 0.29) is 11.5 Å². The SMILES string of the molecule is C=C/C(CC)=C(/C(=O)CCCC)c1c(CC)cc(C)cc1CC.CS(=O)(=O)Cc1ccccc1. The highest BCUT2D eigenvalue weighted by atomic mass is 32.2. The molecule has 0 N–H and O–H groups in total. The van der Waals surface area contributed by atoms with Gasteiger partial charge in [-0.05, 0) is 60.4 Å². The normalized spacial score (nSPS) is 11.8. The first-order chi connectivity index (χ1) is 16.1. The van der Waals surface area contributed by atoms with Crippen molar-refractivity contribution in [3.63, 3.8) is 0 Å². The van der Waals surface area contributed by atoms with Crippen LogP contribution in [0.25, 0.3) is 5.57 Å². The largest absolute Gasteiger partial charge is 0.294 e. The van der Waals surface area contributed by atoms with Gasteiger partial charge in [0.25, 0.3) is 0 Å². The van der Waals surface area contributed by atoms with Gasteiger partial charge in [0.15, 0.2) is 15.6 Å². The molecule has 34 heavy (non-hydrogen) atoms. The van der Waals surface area contributed by atoms with Gasteiger partial charge in [-0.3, -0.25) is 4.79 Å². The fraction of sp³-hybridized carbons (Fsp3) is 0.433. The van der Waals surface area contributed by atoms with Crippen LogP contribution in [-0.4, -0.2) is 20.5 Å². The van der Waals surface area contributed by atoms with E-state index in [0.29, 0.717) is 6.42 Å². The fourth-order valence-electron chi connectivity index (χ4n) is 4.06. The van der Waals surface area contributed by atoms with Crippen molar-refractivity contribution >= 4 is 21.2 Å². The van der Waals surface area contributed by atoms with E-state index in [4.69, 9.17) is 0 Å². The van der Waals surface area contributed by atoms with E-state index >= 15 is 0 Å². The number of Topliss-reactive ketones (excluding diaryl/α,β-unsaturated/α-hetero) is 1. The van der Waals surface area contributed by atoms with Crippen molar-refractivity contribution in [1.29, 1.82) is 0 Å². The van der Waals surface area contributed by atoms with Crippen molar-refractivity contribution in [3.05, 3.63) is 88.5 Å². The molecule has 0 amide bonds. The second-order valence-electron chi connectivity index (χ2n) is 8.71. The molecule has 0 aliphatic rings. The van der Waals surface area contributed by atoms with Crippen LogP contribution in [0.15, 0.2) is 60.7 Å². The van der Waals surface area contributed by atoms with Crippen molar-refractivity contribution in [2.75, 3.05) is 6.26 Å². The molecule has 4 heteroatoms. The fourth-order valence-corrected chi connectivity index (χ4v) is 4.86. The summed E-state index contributed by atoms with van der Waals surface area (Å²) in [6, 6.07) is 13.6. The van der Waals surface area contributed by atoms with Gasteiger partial charge in [0.2, 0.25) is 0 Å². The summed E-state index contributed by atoms with van der Waals surface area (Å²) in [5.74, 6) is 0.408. The van der Waals surface area contributed by atoms with Gasteiger partial charge in [0.05, 0.1) is 5.75 Å². The summed E-state index contributed by atoms with van der Waals surface area (Å²) >= 11 is 0. The first kappa shape index (κ1) is 29.6. The molecule has 0 bridgehead atoms. The van der Waals surface area contributed by atoms with E-state index < -0.39 is 9.84 Å². The summed E-state index contributed by atoms with van der Waals surface area (Å²) in [6.45, 7) is 14.7. The van der Waals surface area contributed by atoms with Crippen molar-refractivity contribution in [1.82, 2.24) is 0 Å². The van der Waals surface area contributed by atoms with Crippen LogP contribution in [-0.2, 0) is 33.2 Å². The summed E-state index contributed by atoms with van der Waals surface area (Å²) in [5, 5.41) is 0. The minimum atomic E-state index is -2.88. The zero-order chi connectivity index (χ0) is 25.7. The third-order valence-electron chi connectivity index (χ3n) is 5.71. The smallest absolute Gasteiger partial charge is 0.163 e. The summed E-state index contributed by atoms with van der Waals surface area (Å²) < 4.78 is 21.6. The monoisotopic (exact) mass is 482 g/mol. The molecule has 2 aromatic carbocycles. The molecule has 0 unspecified atom stereocenters. The zero-order valence-corrected chi connectivity index (χ0v) is 22.7. The maximum atomic E-state index is 13.0. The predicted octanol–water partition coefficient (Wildman–Crippen LogP) is 7.46. The number of benzene rings is 2. The van der Waals surface area contributed by atoms with Crippen LogP contribution in [0.5, 0.6) is 0 Å². The van der Waals surface area contributed by atoms with E-state index in [0.717, 1.165) is 48.8 Å². The van der Waals surface area contributed by atoms with Crippen LogP contribution in [0, 0.1) is 6.92 Å². The Morgan fingerprint density at radius 2 is 1.53 bits per heavy atom. The van der Waals surface area contributed by atoms with Gasteiger partial charge >= 0.3 is 0 Å². The molecule has 186 valence electrons. The third-order valence-corrected chi connectivity index (χ3v) is 6.57. The molecule has 0 aromatic heterocycles. The lowest BCUT2D eigenvalue weighted by atomic mass is 9.84. The van der Waals surface area contributed by atoms with Gasteiger partial charge in [-0.15, -0.1) is 0 Å². The number of unbranched alkanes of at least 4 members (excludes halogenated alkanes) is 1. The molecule has 0 saturated carbocycles. The summed E-state index contributed by atoms with van der Waals surface area (Å²) in [7, 11) is -2.88. The van der Waals surface area contributed by atoms with E-state index in [1.165, 1.54) is 28.5 Å². The van der Waals surface area contributed by atoms with Crippen LogP contribution < -0.4 is 0 Å². The number of carbonyl (C=O) groups excluding carboxylic acids is 1. The van der Waals surface area contributed by atoms with Gasteiger partial charge in [0.1, 0.15) is 0 Å². The minimum absolute atomic E-state index is 0.133. The van der Waals surface area contributed by atoms with Gasteiger partial charge in [0, 0.05) is 18.2 Å². The van der Waals surface area contributed by atoms with Crippen molar-refractivity contribution < 1.29 is 13.2 Å². The predicted molar refractivity (Wildman–Crippen MR) is 147 cm³/mol.